The van der Waals surface area contributed by atoms with Crippen LogP contribution in [-0.4, -0.2) is 83.4 Å². The summed E-state index contributed by atoms with van der Waals surface area (Å²) in [4.78, 5) is 54.4. The van der Waals surface area contributed by atoms with Crippen LogP contribution in [0.4, 0.5) is 4.39 Å². The van der Waals surface area contributed by atoms with Gasteiger partial charge in [0.2, 0.25) is 23.6 Å². The Bertz CT molecular complexity index is 1210. The van der Waals surface area contributed by atoms with Gasteiger partial charge >= 0.3 is 0 Å². The molecule has 0 bridgehead atoms. The molecule has 0 saturated carbocycles. The summed E-state index contributed by atoms with van der Waals surface area (Å²) < 4.78 is 18.8. The zero-order chi connectivity index (χ0) is 28.1. The summed E-state index contributed by atoms with van der Waals surface area (Å²) in [6, 6.07) is 3.00. The van der Waals surface area contributed by atoms with Crippen LogP contribution in [0.15, 0.2) is 22.7 Å². The average molecular weight is 545 g/mol. The van der Waals surface area contributed by atoms with Crippen molar-refractivity contribution in [2.24, 2.45) is 11.7 Å². The highest BCUT2D eigenvalue weighted by Crippen LogP contribution is 2.33. The molecular weight excluding hydrogens is 507 g/mol. The van der Waals surface area contributed by atoms with Crippen LogP contribution in [0.5, 0.6) is 0 Å². The average Bonchev–Trinajstić information content (AvgIpc) is 3.61. The molecule has 3 heterocycles. The SMILES string of the molecule is CC[C@H](C)[C@H](NC(=O)CNC(=O)CN)C(=O)N1CCC[C@H]1C(=O)N1CCC(c2noc3cc(F)ccc23)CC1. The summed E-state index contributed by atoms with van der Waals surface area (Å²) in [5, 5.41) is 10.1. The molecule has 0 aliphatic carbocycles. The number of piperidine rings is 1. The fourth-order valence-corrected chi connectivity index (χ4v) is 5.43. The Hall–Kier alpha value is -3.54. The number of fused-ring (bicyclic) bond motifs is 1. The van der Waals surface area contributed by atoms with Crippen LogP contribution in [0.25, 0.3) is 11.0 Å². The number of rotatable bonds is 9. The highest BCUT2D eigenvalue weighted by atomic mass is 19.1. The maximum absolute atomic E-state index is 13.6. The molecule has 4 amide bonds. The molecular formula is C27H37FN6O5. The third-order valence-corrected chi connectivity index (χ3v) is 7.90. The second-order valence-corrected chi connectivity index (χ2v) is 10.4. The van der Waals surface area contributed by atoms with E-state index < -0.39 is 23.9 Å². The molecule has 2 fully saturated rings. The van der Waals surface area contributed by atoms with E-state index in [1.165, 1.54) is 12.1 Å². The normalized spacial score (nSPS) is 19.6. The van der Waals surface area contributed by atoms with E-state index in [0.717, 1.165) is 11.1 Å². The summed E-state index contributed by atoms with van der Waals surface area (Å²) in [6.07, 6.45) is 3.29. The van der Waals surface area contributed by atoms with Gasteiger partial charge in [0.1, 0.15) is 17.9 Å². The number of amides is 4. The minimum atomic E-state index is -0.804. The monoisotopic (exact) mass is 544 g/mol. The third kappa shape index (κ3) is 6.38. The minimum absolute atomic E-state index is 0.0872. The van der Waals surface area contributed by atoms with Gasteiger partial charge in [0.25, 0.3) is 0 Å². The fraction of sp³-hybridized carbons (Fsp3) is 0.593. The summed E-state index contributed by atoms with van der Waals surface area (Å²) in [5.41, 5.74) is 6.46. The number of hydrogen-bond donors (Lipinski definition) is 3. The van der Waals surface area contributed by atoms with E-state index in [9.17, 15) is 23.6 Å². The second-order valence-electron chi connectivity index (χ2n) is 10.4. The molecule has 1 aromatic heterocycles. The van der Waals surface area contributed by atoms with Crippen LogP contribution in [-0.2, 0) is 19.2 Å². The Morgan fingerprint density at radius 1 is 1.15 bits per heavy atom. The van der Waals surface area contributed by atoms with E-state index in [1.807, 2.05) is 13.8 Å². The Kier molecular flexibility index (Phi) is 9.16. The van der Waals surface area contributed by atoms with Crippen LogP contribution in [0.3, 0.4) is 0 Å². The molecule has 212 valence electrons. The molecule has 0 radical (unpaired) electrons. The van der Waals surface area contributed by atoms with Crippen LogP contribution in [0.2, 0.25) is 0 Å². The lowest BCUT2D eigenvalue weighted by Crippen LogP contribution is -2.57. The van der Waals surface area contributed by atoms with Gasteiger partial charge in [-0.25, -0.2) is 4.39 Å². The number of aromatic nitrogens is 1. The number of carbonyl (C=O) groups is 4. The van der Waals surface area contributed by atoms with Gasteiger partial charge in [0, 0.05) is 37.0 Å². The van der Waals surface area contributed by atoms with Gasteiger partial charge in [0.05, 0.1) is 18.8 Å². The standard InChI is InChI=1S/C27H37FN6O5/c1-3-16(2)24(31-23(36)15-30-22(35)14-29)27(38)34-10-4-5-20(34)26(37)33-11-8-17(9-12-33)25-19-7-6-18(28)13-21(19)39-32-25/h6-7,13,16-17,20,24H,3-5,8-12,14-15,29H2,1-2H3,(H,30,35)(H,31,36)/t16-,20-,24-/m0/s1. The van der Waals surface area contributed by atoms with E-state index in [-0.39, 0.29) is 42.6 Å². The van der Waals surface area contributed by atoms with E-state index >= 15 is 0 Å². The van der Waals surface area contributed by atoms with Gasteiger partial charge in [-0.15, -0.1) is 0 Å². The van der Waals surface area contributed by atoms with Crippen molar-refractivity contribution >= 4 is 34.6 Å². The zero-order valence-corrected chi connectivity index (χ0v) is 22.5. The minimum Gasteiger partial charge on any atom is -0.356 e. The first-order valence-electron chi connectivity index (χ1n) is 13.6. The molecule has 1 aromatic carbocycles. The lowest BCUT2D eigenvalue weighted by molar-refractivity contribution is -0.147. The molecule has 2 aliphatic heterocycles. The van der Waals surface area contributed by atoms with Gasteiger partial charge in [-0.1, -0.05) is 25.4 Å². The fourth-order valence-electron chi connectivity index (χ4n) is 5.43. The Labute approximate surface area is 226 Å². The summed E-state index contributed by atoms with van der Waals surface area (Å²) in [5.74, 6) is -1.77. The Morgan fingerprint density at radius 2 is 1.90 bits per heavy atom. The molecule has 0 unspecified atom stereocenters. The molecule has 2 saturated heterocycles. The van der Waals surface area contributed by atoms with E-state index in [4.69, 9.17) is 10.3 Å². The van der Waals surface area contributed by atoms with Crippen molar-refractivity contribution in [2.75, 3.05) is 32.7 Å². The Morgan fingerprint density at radius 3 is 2.59 bits per heavy atom. The first-order valence-corrected chi connectivity index (χ1v) is 13.6. The summed E-state index contributed by atoms with van der Waals surface area (Å²) >= 11 is 0. The zero-order valence-electron chi connectivity index (χ0n) is 22.5. The molecule has 4 N–H and O–H groups in total. The van der Waals surface area contributed by atoms with E-state index in [2.05, 4.69) is 15.8 Å². The van der Waals surface area contributed by atoms with Crippen molar-refractivity contribution in [1.29, 1.82) is 0 Å². The molecule has 2 aromatic rings. The molecule has 0 spiro atoms. The molecule has 2 aliphatic rings. The topological polar surface area (TPSA) is 151 Å². The van der Waals surface area contributed by atoms with Crippen molar-refractivity contribution in [3.63, 3.8) is 0 Å². The quantitative estimate of drug-likeness (QED) is 0.430. The van der Waals surface area contributed by atoms with Gasteiger partial charge in [-0.05, 0) is 43.7 Å². The highest BCUT2D eigenvalue weighted by molar-refractivity contribution is 5.94. The molecule has 11 nitrogen and oxygen atoms in total. The maximum Gasteiger partial charge on any atom is 0.246 e. The lowest BCUT2D eigenvalue weighted by atomic mass is 9.91. The number of hydrogen-bond acceptors (Lipinski definition) is 7. The predicted octanol–water partition coefficient (Wildman–Crippen LogP) is 1.27. The largest absolute Gasteiger partial charge is 0.356 e. The molecule has 39 heavy (non-hydrogen) atoms. The van der Waals surface area contributed by atoms with Gasteiger partial charge in [0.15, 0.2) is 5.58 Å². The van der Waals surface area contributed by atoms with Crippen LogP contribution < -0.4 is 16.4 Å². The van der Waals surface area contributed by atoms with Gasteiger partial charge in [-0.3, -0.25) is 19.2 Å². The van der Waals surface area contributed by atoms with Gasteiger partial charge in [-0.2, -0.15) is 0 Å². The molecule has 4 rings (SSSR count). The van der Waals surface area contributed by atoms with E-state index in [1.54, 1.807) is 15.9 Å². The summed E-state index contributed by atoms with van der Waals surface area (Å²) in [6.45, 7) is 4.78. The van der Waals surface area contributed by atoms with Crippen LogP contribution in [0.1, 0.15) is 57.6 Å². The molecule has 3 atom stereocenters. The first-order chi connectivity index (χ1) is 18.7. The second kappa shape index (κ2) is 12.5. The third-order valence-electron chi connectivity index (χ3n) is 7.90. The predicted molar refractivity (Wildman–Crippen MR) is 141 cm³/mol. The number of nitrogens with one attached hydrogen (secondary N) is 2. The van der Waals surface area contributed by atoms with Gasteiger partial charge < -0.3 is 30.7 Å². The number of nitrogens with zero attached hydrogens (tertiary/aromatic N) is 3. The van der Waals surface area contributed by atoms with Crippen molar-refractivity contribution in [2.45, 2.75) is 64.0 Å². The van der Waals surface area contributed by atoms with E-state index in [0.29, 0.717) is 57.3 Å². The molecule has 12 heteroatoms. The smallest absolute Gasteiger partial charge is 0.246 e. The maximum atomic E-state index is 13.6. The van der Waals surface area contributed by atoms with Crippen molar-refractivity contribution in [3.05, 3.63) is 29.7 Å². The number of carbonyl (C=O) groups excluding carboxylic acids is 4. The number of halogens is 1. The lowest BCUT2D eigenvalue weighted by Gasteiger charge is -2.36. The Balaban J connectivity index is 1.38. The van der Waals surface area contributed by atoms with Crippen molar-refractivity contribution in [3.8, 4) is 0 Å². The summed E-state index contributed by atoms with van der Waals surface area (Å²) in [7, 11) is 0. The van der Waals surface area contributed by atoms with Crippen molar-refractivity contribution in [1.82, 2.24) is 25.6 Å². The highest BCUT2D eigenvalue weighted by Gasteiger charge is 2.41. The van der Waals surface area contributed by atoms with Crippen molar-refractivity contribution < 1.29 is 28.1 Å². The van der Waals surface area contributed by atoms with Crippen LogP contribution >= 0.6 is 0 Å². The number of nitrogens with two attached hydrogens (primary N) is 1. The van der Waals surface area contributed by atoms with Crippen LogP contribution in [0, 0.1) is 11.7 Å². The number of likely N-dealkylation sites (tertiary alicyclic amines) is 2. The first kappa shape index (κ1) is 28.5. The number of benzene rings is 1.